The van der Waals surface area contributed by atoms with Crippen molar-refractivity contribution in [3.63, 3.8) is 0 Å². The highest BCUT2D eigenvalue weighted by molar-refractivity contribution is 7.91. The quantitative estimate of drug-likeness (QED) is 0.667. The van der Waals surface area contributed by atoms with Gasteiger partial charge in [0, 0.05) is 6.61 Å². The molecule has 0 amide bonds. The molecule has 104 valence electrons. The van der Waals surface area contributed by atoms with Gasteiger partial charge in [-0.05, 0) is 39.5 Å². The molecule has 1 unspecified atom stereocenters. The maximum atomic E-state index is 11.8. The van der Waals surface area contributed by atoms with Gasteiger partial charge in [0.15, 0.2) is 9.84 Å². The van der Waals surface area contributed by atoms with Crippen molar-refractivity contribution in [3.8, 4) is 6.07 Å². The fourth-order valence-electron chi connectivity index (χ4n) is 2.09. The van der Waals surface area contributed by atoms with Crippen molar-refractivity contribution < 1.29 is 13.2 Å². The summed E-state index contributed by atoms with van der Waals surface area (Å²) in [6.07, 6.45) is 3.91. The number of nitriles is 1. The van der Waals surface area contributed by atoms with E-state index in [1.165, 1.54) is 0 Å². The molecular formula is C13H23NO3S. The lowest BCUT2D eigenvalue weighted by molar-refractivity contribution is 0.127. The Hall–Kier alpha value is -0.600. The zero-order chi connectivity index (χ0) is 13.6. The van der Waals surface area contributed by atoms with E-state index in [9.17, 15) is 8.42 Å². The van der Waals surface area contributed by atoms with Crippen LogP contribution in [0.5, 0.6) is 0 Å². The van der Waals surface area contributed by atoms with E-state index in [0.29, 0.717) is 13.0 Å². The van der Waals surface area contributed by atoms with Gasteiger partial charge in [-0.25, -0.2) is 8.42 Å². The van der Waals surface area contributed by atoms with E-state index in [1.807, 2.05) is 13.8 Å². The van der Waals surface area contributed by atoms with Crippen LogP contribution < -0.4 is 0 Å². The van der Waals surface area contributed by atoms with E-state index >= 15 is 0 Å². The van der Waals surface area contributed by atoms with Crippen LogP contribution in [0.3, 0.4) is 0 Å². The Bertz CT molecular complexity index is 389. The van der Waals surface area contributed by atoms with Gasteiger partial charge < -0.3 is 4.74 Å². The fourth-order valence-corrected chi connectivity index (χ4v) is 3.73. The molecule has 1 fully saturated rings. The molecule has 1 saturated heterocycles. The van der Waals surface area contributed by atoms with Crippen LogP contribution in [-0.2, 0) is 14.6 Å². The summed E-state index contributed by atoms with van der Waals surface area (Å²) in [5.74, 6) is 0.378. The van der Waals surface area contributed by atoms with Gasteiger partial charge in [-0.15, -0.1) is 0 Å². The lowest BCUT2D eigenvalue weighted by atomic mass is 9.89. The fraction of sp³-hybridized carbons (Fsp3) is 0.923. The van der Waals surface area contributed by atoms with Crippen molar-refractivity contribution in [2.75, 3.05) is 18.1 Å². The second-order valence-electron chi connectivity index (χ2n) is 5.70. The van der Waals surface area contributed by atoms with Crippen molar-refractivity contribution in [3.05, 3.63) is 0 Å². The average molecular weight is 273 g/mol. The van der Waals surface area contributed by atoms with Gasteiger partial charge in [-0.2, -0.15) is 5.26 Å². The second kappa shape index (κ2) is 6.53. The van der Waals surface area contributed by atoms with Crippen molar-refractivity contribution in [2.45, 2.75) is 52.1 Å². The van der Waals surface area contributed by atoms with Gasteiger partial charge in [0.25, 0.3) is 0 Å². The van der Waals surface area contributed by atoms with Gasteiger partial charge >= 0.3 is 0 Å². The summed E-state index contributed by atoms with van der Waals surface area (Å²) in [5.41, 5.74) is -0.349. The van der Waals surface area contributed by atoms with Crippen LogP contribution in [0, 0.1) is 16.7 Å². The Kier molecular flexibility index (Phi) is 5.61. The molecule has 0 aromatic carbocycles. The highest BCUT2D eigenvalue weighted by Crippen LogP contribution is 2.22. The van der Waals surface area contributed by atoms with Crippen LogP contribution in [0.1, 0.15) is 46.0 Å². The molecule has 0 spiro atoms. The Morgan fingerprint density at radius 3 is 2.67 bits per heavy atom. The monoisotopic (exact) mass is 273 g/mol. The van der Waals surface area contributed by atoms with Gasteiger partial charge in [0.1, 0.15) is 0 Å². The van der Waals surface area contributed by atoms with Gasteiger partial charge in [0.05, 0.1) is 29.1 Å². The Labute approximate surface area is 110 Å². The van der Waals surface area contributed by atoms with Crippen molar-refractivity contribution in [2.24, 2.45) is 5.41 Å². The third-order valence-electron chi connectivity index (χ3n) is 3.27. The maximum Gasteiger partial charge on any atom is 0.152 e. The molecule has 5 heteroatoms. The molecule has 0 saturated carbocycles. The molecule has 0 radical (unpaired) electrons. The molecule has 1 aliphatic rings. The van der Waals surface area contributed by atoms with Crippen LogP contribution in [0.15, 0.2) is 0 Å². The summed E-state index contributed by atoms with van der Waals surface area (Å²) < 4.78 is 29.0. The first-order chi connectivity index (χ1) is 8.35. The first kappa shape index (κ1) is 15.5. The van der Waals surface area contributed by atoms with Gasteiger partial charge in [-0.1, -0.05) is 6.42 Å². The van der Waals surface area contributed by atoms with Crippen molar-refractivity contribution >= 4 is 9.84 Å². The molecule has 18 heavy (non-hydrogen) atoms. The third-order valence-corrected chi connectivity index (χ3v) is 5.06. The van der Waals surface area contributed by atoms with Crippen LogP contribution in [0.2, 0.25) is 0 Å². The van der Waals surface area contributed by atoms with Crippen LogP contribution in [0.25, 0.3) is 0 Å². The number of unbranched alkanes of at least 4 members (excludes halogenated alkanes) is 1. The average Bonchev–Trinajstić information content (AvgIpc) is 2.76. The number of hydrogen-bond donors (Lipinski definition) is 0. The molecule has 1 aliphatic heterocycles. The van der Waals surface area contributed by atoms with E-state index in [4.69, 9.17) is 10.00 Å². The van der Waals surface area contributed by atoms with Crippen LogP contribution >= 0.6 is 0 Å². The van der Waals surface area contributed by atoms with E-state index in [-0.39, 0.29) is 23.0 Å². The topological polar surface area (TPSA) is 67.2 Å². The Morgan fingerprint density at radius 2 is 2.11 bits per heavy atom. The number of sulfone groups is 1. The summed E-state index contributed by atoms with van der Waals surface area (Å²) in [7, 11) is -3.00. The molecule has 0 aromatic rings. The minimum atomic E-state index is -3.00. The second-order valence-corrected chi connectivity index (χ2v) is 7.93. The number of rotatable bonds is 7. The zero-order valence-corrected chi connectivity index (χ0v) is 12.1. The minimum Gasteiger partial charge on any atom is -0.377 e. The highest BCUT2D eigenvalue weighted by Gasteiger charge is 2.23. The molecular weight excluding hydrogens is 250 g/mol. The normalized spacial score (nSPS) is 20.8. The molecule has 0 bridgehead atoms. The predicted molar refractivity (Wildman–Crippen MR) is 70.9 cm³/mol. The summed E-state index contributed by atoms with van der Waals surface area (Å²) in [5, 5.41) is 8.86. The number of nitrogens with zero attached hydrogens (tertiary/aromatic N) is 1. The first-order valence-electron chi connectivity index (χ1n) is 6.58. The maximum absolute atomic E-state index is 11.8. The molecule has 0 aromatic heterocycles. The number of ether oxygens (including phenoxy) is 1. The summed E-state index contributed by atoms with van der Waals surface area (Å²) in [6, 6.07) is 2.23. The Balaban J connectivity index is 2.23. The molecule has 1 atom stereocenters. The summed E-state index contributed by atoms with van der Waals surface area (Å²) in [6.45, 7) is 4.46. The zero-order valence-electron chi connectivity index (χ0n) is 11.3. The first-order valence-corrected chi connectivity index (χ1v) is 8.40. The highest BCUT2D eigenvalue weighted by atomic mass is 32.2. The summed E-state index contributed by atoms with van der Waals surface area (Å²) in [4.78, 5) is 0. The van der Waals surface area contributed by atoms with Crippen molar-refractivity contribution in [1.29, 1.82) is 5.26 Å². The smallest absolute Gasteiger partial charge is 0.152 e. The standard InChI is InChI=1S/C13H23NO3S/c1-13(2,11-14)7-3-4-9-18(15,16)10-12-6-5-8-17-12/h12H,3-10H2,1-2H3. The molecule has 1 heterocycles. The third kappa shape index (κ3) is 5.83. The lowest BCUT2D eigenvalue weighted by Crippen LogP contribution is -2.22. The number of hydrogen-bond acceptors (Lipinski definition) is 4. The van der Waals surface area contributed by atoms with Gasteiger partial charge in [-0.3, -0.25) is 0 Å². The van der Waals surface area contributed by atoms with Crippen molar-refractivity contribution in [1.82, 2.24) is 0 Å². The van der Waals surface area contributed by atoms with E-state index in [0.717, 1.165) is 25.7 Å². The molecule has 0 N–H and O–H groups in total. The minimum absolute atomic E-state index is 0.0921. The van der Waals surface area contributed by atoms with Gasteiger partial charge in [0.2, 0.25) is 0 Å². The van der Waals surface area contributed by atoms with Crippen LogP contribution in [0.4, 0.5) is 0 Å². The summed E-state index contributed by atoms with van der Waals surface area (Å²) >= 11 is 0. The molecule has 0 aliphatic carbocycles. The SMILES string of the molecule is CC(C)(C#N)CCCCS(=O)(=O)CC1CCCO1. The molecule has 1 rings (SSSR count). The van der Waals surface area contributed by atoms with E-state index in [2.05, 4.69) is 6.07 Å². The Morgan fingerprint density at radius 1 is 1.39 bits per heavy atom. The largest absolute Gasteiger partial charge is 0.377 e. The van der Waals surface area contributed by atoms with E-state index < -0.39 is 9.84 Å². The predicted octanol–water partition coefficient (Wildman–Crippen LogP) is 2.30. The van der Waals surface area contributed by atoms with Crippen LogP contribution in [-0.4, -0.2) is 32.6 Å². The van der Waals surface area contributed by atoms with E-state index in [1.54, 1.807) is 0 Å². The lowest BCUT2D eigenvalue weighted by Gasteiger charge is -2.14. The molecule has 4 nitrogen and oxygen atoms in total.